The van der Waals surface area contributed by atoms with Crippen molar-refractivity contribution < 1.29 is 18.0 Å². The maximum Gasteiger partial charge on any atom is 0.266 e. The summed E-state index contributed by atoms with van der Waals surface area (Å²) in [5, 5.41) is 5.95. The quantitative estimate of drug-likeness (QED) is 0.393. The summed E-state index contributed by atoms with van der Waals surface area (Å²) in [6.45, 7) is 9.93. The van der Waals surface area contributed by atoms with Gasteiger partial charge in [-0.15, -0.1) is 0 Å². The molecule has 0 saturated carbocycles. The molecule has 2 rings (SSSR count). The molecule has 0 spiro atoms. The van der Waals surface area contributed by atoms with Crippen LogP contribution in [0.4, 0.5) is 11.4 Å². The Morgan fingerprint density at radius 1 is 1.03 bits per heavy atom. The third kappa shape index (κ3) is 7.95. The molecule has 0 aromatic heterocycles. The van der Waals surface area contributed by atoms with Gasteiger partial charge in [0.2, 0.25) is 5.91 Å². The molecule has 2 amide bonds. The first-order valence-electron chi connectivity index (χ1n) is 10.8. The minimum Gasteiger partial charge on any atom is -0.384 e. The average molecular weight is 470 g/mol. The van der Waals surface area contributed by atoms with Crippen LogP contribution in [0, 0.1) is 17.3 Å². The van der Waals surface area contributed by atoms with Gasteiger partial charge in [0.25, 0.3) is 15.9 Å². The van der Waals surface area contributed by atoms with Crippen molar-refractivity contribution in [3.05, 3.63) is 53.6 Å². The van der Waals surface area contributed by atoms with E-state index in [-0.39, 0.29) is 16.0 Å². The second-order valence-electron chi connectivity index (χ2n) is 8.65. The van der Waals surface area contributed by atoms with Crippen LogP contribution in [-0.2, 0) is 14.8 Å². The van der Waals surface area contributed by atoms with Crippen molar-refractivity contribution in [1.29, 1.82) is 0 Å². The molecule has 0 bridgehead atoms. The summed E-state index contributed by atoms with van der Waals surface area (Å²) < 4.78 is 26.9. The van der Waals surface area contributed by atoms with Gasteiger partial charge < -0.3 is 10.6 Å². The minimum absolute atomic E-state index is 0.0763. The summed E-state index contributed by atoms with van der Waals surface area (Å²) in [5.74, 6) is 5.12. The molecule has 0 aliphatic carbocycles. The van der Waals surface area contributed by atoms with E-state index in [1.807, 2.05) is 31.6 Å². The lowest BCUT2D eigenvalue weighted by Gasteiger charge is -2.15. The first-order chi connectivity index (χ1) is 15.4. The molecule has 33 heavy (non-hydrogen) atoms. The fraction of sp³-hybridized carbons (Fsp3) is 0.360. The number of hydrogen-bond donors (Lipinski definition) is 3. The van der Waals surface area contributed by atoms with Gasteiger partial charge in [0.15, 0.2) is 0 Å². The number of rotatable bonds is 8. The highest BCUT2D eigenvalue weighted by molar-refractivity contribution is 7.90. The first-order valence-corrected chi connectivity index (χ1v) is 12.3. The number of hydrogen-bond acceptors (Lipinski definition) is 5. The van der Waals surface area contributed by atoms with Crippen LogP contribution in [0.2, 0.25) is 0 Å². The third-order valence-corrected chi connectivity index (χ3v) is 5.89. The zero-order chi connectivity index (χ0) is 24.6. The van der Waals surface area contributed by atoms with Crippen molar-refractivity contribution in [2.45, 2.75) is 52.4 Å². The zero-order valence-corrected chi connectivity index (χ0v) is 20.5. The van der Waals surface area contributed by atoms with E-state index in [1.54, 1.807) is 18.2 Å². The summed E-state index contributed by atoms with van der Waals surface area (Å²) >= 11 is 0. The van der Waals surface area contributed by atoms with Crippen molar-refractivity contribution in [3.63, 3.8) is 0 Å². The maximum atomic E-state index is 13.1. The predicted octanol–water partition coefficient (Wildman–Crippen LogP) is 4.37. The van der Waals surface area contributed by atoms with Crippen LogP contribution in [-0.4, -0.2) is 26.8 Å². The average Bonchev–Trinajstić information content (AvgIpc) is 2.71. The number of amides is 2. The van der Waals surface area contributed by atoms with E-state index in [1.165, 1.54) is 18.2 Å². The fourth-order valence-corrected chi connectivity index (χ4v) is 4.02. The van der Waals surface area contributed by atoms with Crippen molar-refractivity contribution in [2.75, 3.05) is 17.2 Å². The Bertz CT molecular complexity index is 1190. The summed E-state index contributed by atoms with van der Waals surface area (Å²) in [4.78, 5) is 24.2. The number of anilines is 2. The van der Waals surface area contributed by atoms with Crippen LogP contribution >= 0.6 is 0 Å². The molecule has 0 aliphatic rings. The van der Waals surface area contributed by atoms with Crippen LogP contribution in [0.15, 0.2) is 47.4 Å². The highest BCUT2D eigenvalue weighted by Crippen LogP contribution is 2.24. The fourth-order valence-electron chi connectivity index (χ4n) is 2.86. The molecule has 0 heterocycles. The van der Waals surface area contributed by atoms with Gasteiger partial charge in [-0.05, 0) is 57.5 Å². The van der Waals surface area contributed by atoms with Crippen LogP contribution in [0.1, 0.15) is 63.4 Å². The smallest absolute Gasteiger partial charge is 0.266 e. The largest absolute Gasteiger partial charge is 0.384 e. The Labute approximate surface area is 196 Å². The SMILES string of the molecule is CCCCNc1cc(C#CC(C)(C)C)ccc1C(=O)Nc1ccccc1S(=O)(=O)NC(C)=O. The zero-order valence-electron chi connectivity index (χ0n) is 19.7. The Morgan fingerprint density at radius 2 is 1.73 bits per heavy atom. The first kappa shape index (κ1) is 25.9. The highest BCUT2D eigenvalue weighted by Gasteiger charge is 2.21. The minimum atomic E-state index is -4.12. The van der Waals surface area contributed by atoms with Gasteiger partial charge in [-0.3, -0.25) is 9.59 Å². The Balaban J connectivity index is 2.41. The Hall–Kier alpha value is -3.31. The number of unbranched alkanes of at least 4 members (excludes halogenated alkanes) is 1. The van der Waals surface area contributed by atoms with Crippen molar-refractivity contribution in [2.24, 2.45) is 5.41 Å². The number of carbonyl (C=O) groups is 2. The monoisotopic (exact) mass is 469 g/mol. The lowest BCUT2D eigenvalue weighted by atomic mass is 9.97. The molecular formula is C25H31N3O4S. The predicted molar refractivity (Wildman–Crippen MR) is 132 cm³/mol. The normalized spacial score (nSPS) is 11.2. The number of sulfonamides is 1. The van der Waals surface area contributed by atoms with Crippen molar-refractivity contribution in [3.8, 4) is 11.8 Å². The summed E-state index contributed by atoms with van der Waals surface area (Å²) in [6, 6.07) is 11.2. The summed E-state index contributed by atoms with van der Waals surface area (Å²) in [7, 11) is -4.12. The Morgan fingerprint density at radius 3 is 2.36 bits per heavy atom. The van der Waals surface area contributed by atoms with E-state index < -0.39 is 21.8 Å². The molecular weight excluding hydrogens is 438 g/mol. The van der Waals surface area contributed by atoms with Gasteiger partial charge in [0, 0.05) is 30.1 Å². The maximum absolute atomic E-state index is 13.1. The van der Waals surface area contributed by atoms with Crippen molar-refractivity contribution >= 4 is 33.2 Å². The van der Waals surface area contributed by atoms with E-state index in [9.17, 15) is 18.0 Å². The molecule has 0 atom stereocenters. The van der Waals surface area contributed by atoms with Gasteiger partial charge in [-0.2, -0.15) is 0 Å². The lowest BCUT2D eigenvalue weighted by molar-refractivity contribution is -0.117. The topological polar surface area (TPSA) is 104 Å². The van der Waals surface area contributed by atoms with E-state index in [0.717, 1.165) is 25.3 Å². The van der Waals surface area contributed by atoms with Crippen LogP contribution in [0.3, 0.4) is 0 Å². The molecule has 0 radical (unpaired) electrons. The third-order valence-electron chi connectivity index (χ3n) is 4.39. The molecule has 2 aromatic carbocycles. The van der Waals surface area contributed by atoms with Gasteiger partial charge >= 0.3 is 0 Å². The molecule has 7 nitrogen and oxygen atoms in total. The molecule has 0 saturated heterocycles. The van der Waals surface area contributed by atoms with Gasteiger partial charge in [0.1, 0.15) is 4.90 Å². The van der Waals surface area contributed by atoms with E-state index in [2.05, 4.69) is 29.4 Å². The molecule has 8 heteroatoms. The molecule has 0 unspecified atom stereocenters. The van der Waals surface area contributed by atoms with Gasteiger partial charge in [0.05, 0.1) is 11.3 Å². The summed E-state index contributed by atoms with van der Waals surface area (Å²) in [6.07, 6.45) is 1.92. The molecule has 0 fully saturated rings. The van der Waals surface area contributed by atoms with Crippen LogP contribution < -0.4 is 15.4 Å². The van der Waals surface area contributed by atoms with Crippen LogP contribution in [0.25, 0.3) is 0 Å². The van der Waals surface area contributed by atoms with Gasteiger partial charge in [-0.1, -0.05) is 37.3 Å². The molecule has 3 N–H and O–H groups in total. The number of nitrogens with one attached hydrogen (secondary N) is 3. The van der Waals surface area contributed by atoms with E-state index in [0.29, 0.717) is 17.8 Å². The second kappa shape index (κ2) is 11.0. The molecule has 176 valence electrons. The number of benzene rings is 2. The number of carbonyl (C=O) groups excluding carboxylic acids is 2. The highest BCUT2D eigenvalue weighted by atomic mass is 32.2. The lowest BCUT2D eigenvalue weighted by Crippen LogP contribution is -2.29. The van der Waals surface area contributed by atoms with Gasteiger partial charge in [-0.25, -0.2) is 13.1 Å². The van der Waals surface area contributed by atoms with E-state index in [4.69, 9.17) is 0 Å². The second-order valence-corrected chi connectivity index (χ2v) is 10.3. The standard InChI is InChI=1S/C25H31N3O4S/c1-6-7-16-26-22-17-19(14-15-25(3,4)5)12-13-20(22)24(30)27-21-10-8-9-11-23(21)33(31,32)28-18(2)29/h8-13,17,26H,6-7,16H2,1-5H3,(H,27,30)(H,28,29). The van der Waals surface area contributed by atoms with Crippen LogP contribution in [0.5, 0.6) is 0 Å². The molecule has 2 aromatic rings. The number of para-hydroxylation sites is 1. The summed E-state index contributed by atoms with van der Waals surface area (Å²) in [5.41, 5.74) is 1.67. The molecule has 0 aliphatic heterocycles. The Kier molecular flexibility index (Phi) is 8.66. The van der Waals surface area contributed by atoms with E-state index >= 15 is 0 Å². The van der Waals surface area contributed by atoms with Crippen molar-refractivity contribution in [1.82, 2.24) is 4.72 Å².